The van der Waals surface area contributed by atoms with Crippen molar-refractivity contribution in [2.45, 2.75) is 38.5 Å². The van der Waals surface area contributed by atoms with E-state index in [-0.39, 0.29) is 0 Å². The van der Waals surface area contributed by atoms with Crippen molar-refractivity contribution in [1.82, 2.24) is 9.97 Å². The molecule has 0 fully saturated rings. The van der Waals surface area contributed by atoms with E-state index < -0.39 is 0 Å². The van der Waals surface area contributed by atoms with Gasteiger partial charge in [0.1, 0.15) is 11.6 Å². The highest BCUT2D eigenvalue weighted by Gasteiger charge is 2.16. The van der Waals surface area contributed by atoms with Crippen LogP contribution in [-0.2, 0) is 28.7 Å². The molecule has 0 amide bonds. The molecule has 3 N–H and O–H groups in total. The molecule has 1 aliphatic carbocycles. The molecule has 112 valence electrons. The number of hydrogen-bond donors (Lipinski definition) is 2. The Hall–Kier alpha value is -1.24. The van der Waals surface area contributed by atoms with Crippen molar-refractivity contribution in [2.24, 2.45) is 5.84 Å². The van der Waals surface area contributed by atoms with Crippen molar-refractivity contribution in [3.8, 4) is 0 Å². The Kier molecular flexibility index (Phi) is 6.17. The van der Waals surface area contributed by atoms with Crippen LogP contribution in [0.2, 0.25) is 0 Å². The Morgan fingerprint density at radius 1 is 1.10 bits per heavy atom. The summed E-state index contributed by atoms with van der Waals surface area (Å²) in [5.74, 6) is 7.18. The van der Waals surface area contributed by atoms with E-state index >= 15 is 0 Å². The van der Waals surface area contributed by atoms with Gasteiger partial charge in [0.15, 0.2) is 0 Å². The van der Waals surface area contributed by atoms with Crippen molar-refractivity contribution in [3.05, 3.63) is 17.1 Å². The van der Waals surface area contributed by atoms with Gasteiger partial charge in [-0.3, -0.25) is 0 Å². The normalized spacial score (nSPS) is 14.7. The van der Waals surface area contributed by atoms with Crippen LogP contribution in [0.3, 0.4) is 0 Å². The fraction of sp³-hybridized carbons (Fsp3) is 0.714. The fourth-order valence-corrected chi connectivity index (χ4v) is 2.46. The lowest BCUT2D eigenvalue weighted by atomic mass is 10.1. The summed E-state index contributed by atoms with van der Waals surface area (Å²) in [6.07, 6.45) is 6.35. The molecular weight excluding hydrogens is 256 g/mol. The highest BCUT2D eigenvalue weighted by molar-refractivity contribution is 5.46. The molecule has 0 saturated carbocycles. The number of aryl methyl sites for hydroxylation is 1. The molecule has 0 saturated heterocycles. The topological polar surface area (TPSA) is 82.3 Å². The van der Waals surface area contributed by atoms with E-state index in [2.05, 4.69) is 15.4 Å². The molecule has 0 atom stereocenters. The lowest BCUT2D eigenvalue weighted by Crippen LogP contribution is -2.16. The first-order valence-corrected chi connectivity index (χ1v) is 7.27. The Morgan fingerprint density at radius 2 is 1.95 bits per heavy atom. The van der Waals surface area contributed by atoms with Crippen LogP contribution in [0.4, 0.5) is 5.82 Å². The van der Waals surface area contributed by atoms with Crippen LogP contribution in [0, 0.1) is 0 Å². The molecule has 2 rings (SSSR count). The highest BCUT2D eigenvalue weighted by Crippen LogP contribution is 2.24. The molecule has 0 bridgehead atoms. The minimum atomic E-state index is 0.601. The summed E-state index contributed by atoms with van der Waals surface area (Å²) in [5, 5.41) is 0. The van der Waals surface area contributed by atoms with E-state index in [1.807, 2.05) is 0 Å². The molecule has 0 aromatic carbocycles. The van der Waals surface area contributed by atoms with Gasteiger partial charge in [0, 0.05) is 24.8 Å². The van der Waals surface area contributed by atoms with E-state index in [9.17, 15) is 0 Å². The van der Waals surface area contributed by atoms with E-state index in [1.54, 1.807) is 7.11 Å². The summed E-state index contributed by atoms with van der Waals surface area (Å²) in [5.41, 5.74) is 5.06. The minimum absolute atomic E-state index is 0.601. The van der Waals surface area contributed by atoms with Crippen molar-refractivity contribution >= 4 is 5.82 Å². The number of hydrogen-bond acceptors (Lipinski definition) is 6. The maximum absolute atomic E-state index is 5.60. The average Bonchev–Trinajstić information content (AvgIpc) is 2.71. The largest absolute Gasteiger partial charge is 0.382 e. The SMILES string of the molecule is COCCOCCc1nc2c(c(NN)n1)CCCCC2. The van der Waals surface area contributed by atoms with Crippen LogP contribution >= 0.6 is 0 Å². The van der Waals surface area contributed by atoms with Crippen LogP contribution in [0.1, 0.15) is 36.3 Å². The van der Waals surface area contributed by atoms with Gasteiger partial charge >= 0.3 is 0 Å². The molecule has 0 spiro atoms. The lowest BCUT2D eigenvalue weighted by Gasteiger charge is -2.12. The van der Waals surface area contributed by atoms with E-state index in [0.29, 0.717) is 26.2 Å². The van der Waals surface area contributed by atoms with Crippen molar-refractivity contribution in [2.75, 3.05) is 32.4 Å². The maximum Gasteiger partial charge on any atom is 0.147 e. The molecule has 1 aromatic rings. The zero-order chi connectivity index (χ0) is 14.2. The zero-order valence-corrected chi connectivity index (χ0v) is 12.2. The number of fused-ring (bicyclic) bond motifs is 1. The maximum atomic E-state index is 5.60. The molecule has 1 heterocycles. The van der Waals surface area contributed by atoms with Crippen LogP contribution in [0.15, 0.2) is 0 Å². The number of rotatable bonds is 7. The van der Waals surface area contributed by atoms with E-state index in [1.165, 1.54) is 24.8 Å². The zero-order valence-electron chi connectivity index (χ0n) is 12.2. The second-order valence-electron chi connectivity index (χ2n) is 4.97. The van der Waals surface area contributed by atoms with Crippen LogP contribution in [-0.4, -0.2) is 36.9 Å². The quantitative estimate of drug-likeness (QED) is 0.338. The molecule has 20 heavy (non-hydrogen) atoms. The molecule has 0 radical (unpaired) electrons. The van der Waals surface area contributed by atoms with Crippen LogP contribution < -0.4 is 11.3 Å². The lowest BCUT2D eigenvalue weighted by molar-refractivity contribution is 0.0716. The summed E-state index contributed by atoms with van der Waals surface area (Å²) in [6.45, 7) is 1.82. The van der Waals surface area contributed by atoms with Gasteiger partial charge in [0.05, 0.1) is 19.8 Å². The van der Waals surface area contributed by atoms with Gasteiger partial charge in [-0.2, -0.15) is 0 Å². The van der Waals surface area contributed by atoms with Crippen molar-refractivity contribution in [3.63, 3.8) is 0 Å². The summed E-state index contributed by atoms with van der Waals surface area (Å²) in [4.78, 5) is 9.19. The summed E-state index contributed by atoms with van der Waals surface area (Å²) >= 11 is 0. The number of hydrazine groups is 1. The molecule has 1 aromatic heterocycles. The monoisotopic (exact) mass is 280 g/mol. The Morgan fingerprint density at radius 3 is 2.75 bits per heavy atom. The number of nitrogens with one attached hydrogen (secondary N) is 1. The number of nitrogens with two attached hydrogens (primary N) is 1. The van der Waals surface area contributed by atoms with Gasteiger partial charge in [0.2, 0.25) is 0 Å². The van der Waals surface area contributed by atoms with Crippen LogP contribution in [0.25, 0.3) is 0 Å². The summed E-state index contributed by atoms with van der Waals surface area (Å²) in [7, 11) is 1.66. The molecule has 1 aliphatic rings. The number of aromatic nitrogens is 2. The van der Waals surface area contributed by atoms with Crippen LogP contribution in [0.5, 0.6) is 0 Å². The number of anilines is 1. The number of ether oxygens (including phenoxy) is 2. The van der Waals surface area contributed by atoms with E-state index in [4.69, 9.17) is 15.3 Å². The molecular formula is C14H24N4O2. The second-order valence-corrected chi connectivity index (χ2v) is 4.97. The Labute approximate surface area is 120 Å². The first-order valence-electron chi connectivity index (χ1n) is 7.27. The third kappa shape index (κ3) is 4.13. The molecule has 0 aliphatic heterocycles. The van der Waals surface area contributed by atoms with Gasteiger partial charge in [-0.15, -0.1) is 0 Å². The molecule has 6 nitrogen and oxygen atoms in total. The van der Waals surface area contributed by atoms with Crippen molar-refractivity contribution < 1.29 is 9.47 Å². The predicted octanol–water partition coefficient (Wildman–Crippen LogP) is 1.24. The van der Waals surface area contributed by atoms with Crippen molar-refractivity contribution in [1.29, 1.82) is 0 Å². The third-order valence-electron chi connectivity index (χ3n) is 3.52. The third-order valence-corrected chi connectivity index (χ3v) is 3.52. The van der Waals surface area contributed by atoms with Gasteiger partial charge in [-0.25, -0.2) is 15.8 Å². The standard InChI is InChI=1S/C14H24N4O2/c1-19-9-10-20-8-7-13-16-12-6-4-2-3-5-11(12)14(17-13)18-15/h2-10,15H2,1H3,(H,16,17,18). The van der Waals surface area contributed by atoms with E-state index in [0.717, 1.165) is 30.2 Å². The summed E-state index contributed by atoms with van der Waals surface area (Å²) < 4.78 is 10.4. The Balaban J connectivity index is 2.01. The first-order chi connectivity index (χ1) is 9.85. The average molecular weight is 280 g/mol. The highest BCUT2D eigenvalue weighted by atomic mass is 16.5. The smallest absolute Gasteiger partial charge is 0.147 e. The molecule has 0 unspecified atom stereocenters. The summed E-state index contributed by atoms with van der Waals surface area (Å²) in [6, 6.07) is 0. The number of methoxy groups -OCH3 is 1. The Bertz CT molecular complexity index is 426. The molecule has 6 heteroatoms. The first kappa shape index (κ1) is 15.2. The fourth-order valence-electron chi connectivity index (χ4n) is 2.46. The van der Waals surface area contributed by atoms with Gasteiger partial charge in [-0.1, -0.05) is 6.42 Å². The second kappa shape index (κ2) is 8.14. The van der Waals surface area contributed by atoms with Gasteiger partial charge in [0.25, 0.3) is 0 Å². The number of nitrogens with zero attached hydrogens (tertiary/aromatic N) is 2. The minimum Gasteiger partial charge on any atom is -0.382 e. The van der Waals surface area contributed by atoms with Gasteiger partial charge in [-0.05, 0) is 25.7 Å². The predicted molar refractivity (Wildman–Crippen MR) is 77.5 cm³/mol. The van der Waals surface area contributed by atoms with Gasteiger partial charge < -0.3 is 14.9 Å². The number of nitrogen functional groups attached to an aromatic ring is 1.